The van der Waals surface area contributed by atoms with Gasteiger partial charge in [-0.25, -0.2) is 4.98 Å². The van der Waals surface area contributed by atoms with Gasteiger partial charge < -0.3 is 10.1 Å². The Morgan fingerprint density at radius 1 is 1.42 bits per heavy atom. The van der Waals surface area contributed by atoms with Crippen LogP contribution in [0.5, 0.6) is 5.88 Å². The Kier molecular flexibility index (Phi) is 6.42. The molecule has 8 heteroatoms. The lowest BCUT2D eigenvalue weighted by Crippen LogP contribution is -2.47. The highest BCUT2D eigenvalue weighted by molar-refractivity contribution is 5.94. The van der Waals surface area contributed by atoms with Gasteiger partial charge in [0.15, 0.2) is 6.61 Å². The number of aromatic nitrogens is 1. The maximum atomic E-state index is 12.4. The Morgan fingerprint density at radius 2 is 2.21 bits per heavy atom. The van der Waals surface area contributed by atoms with Gasteiger partial charge >= 0.3 is 6.18 Å². The summed E-state index contributed by atoms with van der Waals surface area (Å²) < 4.78 is 40.8. The van der Waals surface area contributed by atoms with Crippen molar-refractivity contribution in [2.45, 2.75) is 44.8 Å². The smallest absolute Gasteiger partial charge is 0.422 e. The third-order valence-corrected chi connectivity index (χ3v) is 3.81. The Balaban J connectivity index is 1.91. The number of halogens is 3. The Bertz CT molecular complexity index is 532. The van der Waals surface area contributed by atoms with Crippen molar-refractivity contribution in [3.8, 4) is 5.88 Å². The molecule has 5 nitrogen and oxygen atoms in total. The van der Waals surface area contributed by atoms with E-state index in [4.69, 9.17) is 0 Å². The fourth-order valence-corrected chi connectivity index (χ4v) is 2.76. The van der Waals surface area contributed by atoms with Crippen molar-refractivity contribution >= 4 is 11.6 Å². The fraction of sp³-hybridized carbons (Fsp3) is 0.625. The van der Waals surface area contributed by atoms with Gasteiger partial charge in [0.1, 0.15) is 0 Å². The van der Waals surface area contributed by atoms with Gasteiger partial charge in [0, 0.05) is 6.07 Å². The summed E-state index contributed by atoms with van der Waals surface area (Å²) >= 11 is 0. The zero-order chi connectivity index (χ0) is 17.6. The largest absolute Gasteiger partial charge is 0.468 e. The molecule has 0 saturated carbocycles. The molecule has 1 amide bonds. The minimum Gasteiger partial charge on any atom is -0.468 e. The number of carbonyl (C=O) groups is 1. The summed E-state index contributed by atoms with van der Waals surface area (Å²) in [5.41, 5.74) is 0.446. The third-order valence-electron chi connectivity index (χ3n) is 3.81. The number of carbonyl (C=O) groups excluding carboxylic acids is 1. The summed E-state index contributed by atoms with van der Waals surface area (Å²) in [5, 5.41) is 2.78. The van der Waals surface area contributed by atoms with Crippen molar-refractivity contribution < 1.29 is 22.7 Å². The molecule has 1 aromatic rings. The SMILES string of the molecule is CCCN1CCCCC1C(=O)Nc1ccc(OCC(F)(F)F)nc1. The number of anilines is 1. The van der Waals surface area contributed by atoms with Crippen LogP contribution in [0.2, 0.25) is 0 Å². The van der Waals surface area contributed by atoms with Gasteiger partial charge in [0.25, 0.3) is 0 Å². The number of piperidine rings is 1. The lowest BCUT2D eigenvalue weighted by molar-refractivity contribution is -0.154. The minimum atomic E-state index is -4.40. The normalized spacial score (nSPS) is 19.1. The van der Waals surface area contributed by atoms with Crippen molar-refractivity contribution in [3.05, 3.63) is 18.3 Å². The van der Waals surface area contributed by atoms with E-state index in [0.717, 1.165) is 38.8 Å². The van der Waals surface area contributed by atoms with E-state index in [9.17, 15) is 18.0 Å². The van der Waals surface area contributed by atoms with Crippen LogP contribution in [0.1, 0.15) is 32.6 Å². The van der Waals surface area contributed by atoms with E-state index in [1.165, 1.54) is 18.3 Å². The molecule has 1 fully saturated rings. The fourth-order valence-electron chi connectivity index (χ4n) is 2.76. The van der Waals surface area contributed by atoms with E-state index in [1.807, 2.05) is 0 Å². The average Bonchev–Trinajstić information content (AvgIpc) is 2.54. The number of alkyl halides is 3. The van der Waals surface area contributed by atoms with E-state index < -0.39 is 12.8 Å². The molecule has 1 N–H and O–H groups in total. The van der Waals surface area contributed by atoms with Gasteiger partial charge in [0.2, 0.25) is 11.8 Å². The zero-order valence-corrected chi connectivity index (χ0v) is 13.6. The van der Waals surface area contributed by atoms with Gasteiger partial charge in [0.05, 0.1) is 17.9 Å². The molecule has 0 bridgehead atoms. The third kappa shape index (κ3) is 5.67. The highest BCUT2D eigenvalue weighted by atomic mass is 19.4. The summed E-state index contributed by atoms with van der Waals surface area (Å²) in [5.74, 6) is -0.232. The second-order valence-corrected chi connectivity index (χ2v) is 5.83. The zero-order valence-electron chi connectivity index (χ0n) is 13.6. The van der Waals surface area contributed by atoms with E-state index in [1.54, 1.807) is 0 Å². The number of hydrogen-bond donors (Lipinski definition) is 1. The molecular weight excluding hydrogens is 323 g/mol. The Hall–Kier alpha value is -1.83. The molecule has 0 radical (unpaired) electrons. The maximum absolute atomic E-state index is 12.4. The Labute approximate surface area is 139 Å². The van der Waals surface area contributed by atoms with Gasteiger partial charge in [-0.3, -0.25) is 9.69 Å². The number of ether oxygens (including phenoxy) is 1. The molecule has 2 rings (SSSR count). The second kappa shape index (κ2) is 8.32. The first-order valence-electron chi connectivity index (χ1n) is 8.09. The van der Waals surface area contributed by atoms with Crippen LogP contribution in [0, 0.1) is 0 Å². The number of likely N-dealkylation sites (tertiary alicyclic amines) is 1. The molecule has 1 aliphatic rings. The van der Waals surface area contributed by atoms with E-state index in [2.05, 4.69) is 26.9 Å². The molecule has 24 heavy (non-hydrogen) atoms. The summed E-state index contributed by atoms with van der Waals surface area (Å²) in [6, 6.07) is 2.63. The number of nitrogens with zero attached hydrogens (tertiary/aromatic N) is 2. The number of amides is 1. The summed E-state index contributed by atoms with van der Waals surface area (Å²) in [4.78, 5) is 18.4. The lowest BCUT2D eigenvalue weighted by atomic mass is 10.0. The number of hydrogen-bond acceptors (Lipinski definition) is 4. The maximum Gasteiger partial charge on any atom is 0.422 e. The predicted octanol–water partition coefficient (Wildman–Crippen LogP) is 3.23. The van der Waals surface area contributed by atoms with Crippen molar-refractivity contribution in [3.63, 3.8) is 0 Å². The second-order valence-electron chi connectivity index (χ2n) is 5.83. The lowest BCUT2D eigenvalue weighted by Gasteiger charge is -2.34. The average molecular weight is 345 g/mol. The molecule has 1 unspecified atom stereocenters. The molecule has 2 heterocycles. The first-order valence-corrected chi connectivity index (χ1v) is 8.09. The van der Waals surface area contributed by atoms with Crippen LogP contribution in [0.15, 0.2) is 18.3 Å². The van der Waals surface area contributed by atoms with Crippen molar-refractivity contribution in [1.82, 2.24) is 9.88 Å². The van der Waals surface area contributed by atoms with Crippen LogP contribution in [0.25, 0.3) is 0 Å². The molecule has 0 aliphatic carbocycles. The van der Waals surface area contributed by atoms with E-state index >= 15 is 0 Å². The van der Waals surface area contributed by atoms with Crippen LogP contribution < -0.4 is 10.1 Å². The van der Waals surface area contributed by atoms with Crippen molar-refractivity contribution in [2.24, 2.45) is 0 Å². The predicted molar refractivity (Wildman–Crippen MR) is 83.9 cm³/mol. The first-order chi connectivity index (χ1) is 11.4. The molecule has 0 aromatic carbocycles. The number of pyridine rings is 1. The van der Waals surface area contributed by atoms with Gasteiger partial charge in [-0.2, -0.15) is 13.2 Å². The number of nitrogens with one attached hydrogen (secondary N) is 1. The van der Waals surface area contributed by atoms with Crippen LogP contribution in [-0.4, -0.2) is 47.7 Å². The van der Waals surface area contributed by atoms with Gasteiger partial charge in [-0.1, -0.05) is 13.3 Å². The van der Waals surface area contributed by atoms with E-state index in [0.29, 0.717) is 5.69 Å². The molecule has 0 spiro atoms. The summed E-state index contributed by atoms with van der Waals surface area (Å²) in [7, 11) is 0. The first kappa shape index (κ1) is 18.5. The highest BCUT2D eigenvalue weighted by Gasteiger charge is 2.29. The minimum absolute atomic E-state index is 0.103. The van der Waals surface area contributed by atoms with Gasteiger partial charge in [-0.05, 0) is 38.4 Å². The topological polar surface area (TPSA) is 54.5 Å². The Morgan fingerprint density at radius 3 is 2.83 bits per heavy atom. The van der Waals surface area contributed by atoms with E-state index in [-0.39, 0.29) is 17.8 Å². The molecule has 1 atom stereocenters. The van der Waals surface area contributed by atoms with Crippen LogP contribution in [0.4, 0.5) is 18.9 Å². The quantitative estimate of drug-likeness (QED) is 0.860. The standard InChI is InChI=1S/C16H22F3N3O2/c1-2-8-22-9-4-3-5-13(22)15(23)21-12-6-7-14(20-10-12)24-11-16(17,18)19/h6-7,10,13H,2-5,8-9,11H2,1H3,(H,21,23). The van der Waals surface area contributed by atoms with Crippen molar-refractivity contribution in [1.29, 1.82) is 0 Å². The monoisotopic (exact) mass is 345 g/mol. The van der Waals surface area contributed by atoms with Crippen LogP contribution in [0.3, 0.4) is 0 Å². The molecule has 1 aromatic heterocycles. The summed E-state index contributed by atoms with van der Waals surface area (Å²) in [6.07, 6.45) is 0.800. The molecule has 1 saturated heterocycles. The highest BCUT2D eigenvalue weighted by Crippen LogP contribution is 2.21. The number of rotatable bonds is 6. The van der Waals surface area contributed by atoms with Crippen LogP contribution in [-0.2, 0) is 4.79 Å². The molecular formula is C16H22F3N3O2. The molecule has 134 valence electrons. The van der Waals surface area contributed by atoms with Crippen molar-refractivity contribution in [2.75, 3.05) is 25.0 Å². The summed E-state index contributed by atoms with van der Waals surface area (Å²) in [6.45, 7) is 2.47. The van der Waals surface area contributed by atoms with Gasteiger partial charge in [-0.15, -0.1) is 0 Å². The van der Waals surface area contributed by atoms with Crippen LogP contribution >= 0.6 is 0 Å². The molecule has 1 aliphatic heterocycles.